The highest BCUT2D eigenvalue weighted by Gasteiger charge is 2.29. The summed E-state index contributed by atoms with van der Waals surface area (Å²) in [6, 6.07) is 16.7. The van der Waals surface area contributed by atoms with Gasteiger partial charge in [-0.1, -0.05) is 53.5 Å². The third-order valence-corrected chi connectivity index (χ3v) is 7.76. The van der Waals surface area contributed by atoms with Gasteiger partial charge in [0, 0.05) is 20.2 Å². The van der Waals surface area contributed by atoms with Crippen LogP contribution in [-0.4, -0.2) is 47.0 Å². The zero-order valence-corrected chi connectivity index (χ0v) is 21.2. The summed E-state index contributed by atoms with van der Waals surface area (Å²) in [5.74, 6) is 0.389. The summed E-state index contributed by atoms with van der Waals surface area (Å²) < 4.78 is 38.0. The Morgan fingerprint density at radius 2 is 1.65 bits per heavy atom. The average molecular weight is 523 g/mol. The monoisotopic (exact) mass is 522 g/mol. The van der Waals surface area contributed by atoms with Gasteiger partial charge in [0.1, 0.15) is 28.0 Å². The molecule has 34 heavy (non-hydrogen) atoms. The van der Waals surface area contributed by atoms with Crippen molar-refractivity contribution in [3.63, 3.8) is 0 Å². The fourth-order valence-electron chi connectivity index (χ4n) is 2.99. The van der Waals surface area contributed by atoms with E-state index in [1.54, 1.807) is 14.1 Å². The molecule has 0 bridgehead atoms. The van der Waals surface area contributed by atoms with Gasteiger partial charge in [0.15, 0.2) is 0 Å². The summed E-state index contributed by atoms with van der Waals surface area (Å²) in [7, 11) is 0.566. The van der Waals surface area contributed by atoms with Crippen LogP contribution >= 0.6 is 23.2 Å². The predicted octanol–water partition coefficient (Wildman–Crippen LogP) is 4.91. The molecule has 0 unspecified atom stereocenters. The van der Waals surface area contributed by atoms with Crippen molar-refractivity contribution in [2.24, 2.45) is 0 Å². The molecule has 3 aromatic carbocycles. The van der Waals surface area contributed by atoms with Crippen molar-refractivity contribution in [1.29, 1.82) is 0 Å². The zero-order chi connectivity index (χ0) is 24.9. The van der Waals surface area contributed by atoms with Crippen molar-refractivity contribution in [3.8, 4) is 11.5 Å². The lowest BCUT2D eigenvalue weighted by Crippen LogP contribution is -2.28. The molecule has 0 aromatic heterocycles. The molecule has 0 spiro atoms. The Labute approximate surface area is 209 Å². The number of carbonyl (C=O) groups is 1. The molecule has 3 rings (SSSR count). The van der Waals surface area contributed by atoms with Gasteiger partial charge in [-0.2, -0.15) is 0 Å². The molecule has 0 saturated heterocycles. The molecular formula is C24H24Cl2N2O5S. The maximum absolute atomic E-state index is 13.5. The summed E-state index contributed by atoms with van der Waals surface area (Å²) in [5, 5.41) is 2.60. The number of hydrogen-bond donors (Lipinski definition) is 1. The van der Waals surface area contributed by atoms with Crippen LogP contribution in [0, 0.1) is 0 Å². The molecule has 0 atom stereocenters. The number of halogens is 2. The summed E-state index contributed by atoms with van der Waals surface area (Å²) in [5.41, 5.74) is 1.07. The van der Waals surface area contributed by atoms with Crippen molar-refractivity contribution in [2.45, 2.75) is 16.4 Å². The Balaban J connectivity index is 2.07. The van der Waals surface area contributed by atoms with E-state index < -0.39 is 9.84 Å². The summed E-state index contributed by atoms with van der Waals surface area (Å²) in [6.07, 6.45) is 0. The third-order valence-electron chi connectivity index (χ3n) is 4.93. The van der Waals surface area contributed by atoms with Gasteiger partial charge in [0.25, 0.3) is 0 Å². The molecule has 180 valence electrons. The number of likely N-dealkylation sites (N-methyl/N-ethyl adjacent to an activating group) is 1. The van der Waals surface area contributed by atoms with E-state index in [2.05, 4.69) is 5.32 Å². The minimum absolute atomic E-state index is 0.0207. The third kappa shape index (κ3) is 5.75. The van der Waals surface area contributed by atoms with Crippen LogP contribution in [0.25, 0.3) is 0 Å². The molecule has 0 saturated carbocycles. The number of nitrogens with one attached hydrogen (secondary N) is 1. The molecule has 0 radical (unpaired) electrons. The van der Waals surface area contributed by atoms with Crippen molar-refractivity contribution in [3.05, 3.63) is 76.3 Å². The first-order valence-electron chi connectivity index (χ1n) is 10.2. The van der Waals surface area contributed by atoms with Gasteiger partial charge < -0.3 is 19.7 Å². The van der Waals surface area contributed by atoms with Crippen LogP contribution in [0.4, 0.5) is 5.69 Å². The number of nitrogens with zero attached hydrogens (tertiary/aromatic N) is 1. The summed E-state index contributed by atoms with van der Waals surface area (Å²) in [6.45, 7) is 0.0504. The van der Waals surface area contributed by atoms with Crippen LogP contribution in [0.15, 0.2) is 70.5 Å². The molecule has 0 aliphatic carbocycles. The molecular weight excluding hydrogens is 499 g/mol. The molecule has 1 amide bonds. The van der Waals surface area contributed by atoms with E-state index in [1.165, 1.54) is 42.3 Å². The predicted molar refractivity (Wildman–Crippen MR) is 133 cm³/mol. The van der Waals surface area contributed by atoms with Crippen molar-refractivity contribution in [2.75, 3.05) is 33.1 Å². The van der Waals surface area contributed by atoms with E-state index in [1.807, 2.05) is 30.3 Å². The van der Waals surface area contributed by atoms with Crippen LogP contribution in [-0.2, 0) is 21.2 Å². The lowest BCUT2D eigenvalue weighted by atomic mass is 10.2. The van der Waals surface area contributed by atoms with E-state index >= 15 is 0 Å². The van der Waals surface area contributed by atoms with E-state index in [-0.39, 0.29) is 50.3 Å². The number of hydrogen-bond acceptors (Lipinski definition) is 6. The number of carbonyl (C=O) groups excluding carboxylic acids is 1. The topological polar surface area (TPSA) is 84.9 Å². The highest BCUT2D eigenvalue weighted by molar-refractivity contribution is 7.91. The first-order chi connectivity index (χ1) is 16.1. The molecule has 10 heteroatoms. The Bertz CT molecular complexity index is 1260. The first kappa shape index (κ1) is 25.7. The molecule has 0 aliphatic heterocycles. The minimum atomic E-state index is -4.14. The van der Waals surface area contributed by atoms with Gasteiger partial charge in [-0.25, -0.2) is 8.42 Å². The number of sulfone groups is 1. The van der Waals surface area contributed by atoms with Crippen molar-refractivity contribution >= 4 is 44.6 Å². The molecule has 1 N–H and O–H groups in total. The Morgan fingerprint density at radius 3 is 2.24 bits per heavy atom. The normalized spacial score (nSPS) is 11.1. The smallest absolute Gasteiger partial charge is 0.241 e. The number of amides is 1. The standard InChI is InChI=1S/C24H24Cl2N2O5S/c1-28(2)21(29)14-27-19-13-20(33-15-16-7-5-4-6-8-16)23(26)24(22(19)25)34(30,31)18-11-9-17(32-3)10-12-18/h4-13,27H,14-15H2,1-3H3. The second-order valence-corrected chi connectivity index (χ2v) is 10.1. The number of benzene rings is 3. The minimum Gasteiger partial charge on any atom is -0.497 e. The summed E-state index contributed by atoms with van der Waals surface area (Å²) >= 11 is 13.1. The molecule has 0 aliphatic rings. The van der Waals surface area contributed by atoms with Crippen molar-refractivity contribution < 1.29 is 22.7 Å². The van der Waals surface area contributed by atoms with Gasteiger partial charge in [-0.3, -0.25) is 4.79 Å². The first-order valence-corrected chi connectivity index (χ1v) is 12.4. The molecule has 3 aromatic rings. The lowest BCUT2D eigenvalue weighted by Gasteiger charge is -2.19. The fourth-order valence-corrected chi connectivity index (χ4v) is 5.48. The van der Waals surface area contributed by atoms with Crippen LogP contribution in [0.3, 0.4) is 0 Å². The number of rotatable bonds is 9. The number of ether oxygens (including phenoxy) is 2. The van der Waals surface area contributed by atoms with Crippen molar-refractivity contribution in [1.82, 2.24) is 4.90 Å². The summed E-state index contributed by atoms with van der Waals surface area (Å²) in [4.78, 5) is 13.2. The van der Waals surface area contributed by atoms with Gasteiger partial charge in [-0.05, 0) is 29.8 Å². The quantitative estimate of drug-likeness (QED) is 0.429. The lowest BCUT2D eigenvalue weighted by molar-refractivity contribution is -0.126. The highest BCUT2D eigenvalue weighted by Crippen LogP contribution is 2.44. The molecule has 7 nitrogen and oxygen atoms in total. The van der Waals surface area contributed by atoms with Gasteiger partial charge in [0.2, 0.25) is 15.7 Å². The molecule has 0 heterocycles. The Kier molecular flexibility index (Phi) is 8.30. The van der Waals surface area contributed by atoms with Crippen LogP contribution in [0.1, 0.15) is 5.56 Å². The average Bonchev–Trinajstić information content (AvgIpc) is 2.83. The molecule has 0 fully saturated rings. The van der Waals surface area contributed by atoms with Gasteiger partial charge >= 0.3 is 0 Å². The van der Waals surface area contributed by atoms with Crippen LogP contribution < -0.4 is 14.8 Å². The fraction of sp³-hybridized carbons (Fsp3) is 0.208. The van der Waals surface area contributed by atoms with Gasteiger partial charge in [0.05, 0.1) is 29.3 Å². The van der Waals surface area contributed by atoms with Gasteiger partial charge in [-0.15, -0.1) is 0 Å². The van der Waals surface area contributed by atoms with E-state index in [0.29, 0.717) is 5.75 Å². The van der Waals surface area contributed by atoms with Crippen LogP contribution in [0.5, 0.6) is 11.5 Å². The largest absolute Gasteiger partial charge is 0.497 e. The Morgan fingerprint density at radius 1 is 1.00 bits per heavy atom. The number of anilines is 1. The maximum Gasteiger partial charge on any atom is 0.241 e. The second-order valence-electron chi connectivity index (χ2n) is 7.47. The van der Waals surface area contributed by atoms with E-state index in [4.69, 9.17) is 32.7 Å². The Hall–Kier alpha value is -2.94. The number of methoxy groups -OCH3 is 1. The highest BCUT2D eigenvalue weighted by atomic mass is 35.5. The maximum atomic E-state index is 13.5. The van der Waals surface area contributed by atoms with E-state index in [9.17, 15) is 13.2 Å². The second kappa shape index (κ2) is 11.0. The van der Waals surface area contributed by atoms with Crippen LogP contribution in [0.2, 0.25) is 10.0 Å². The zero-order valence-electron chi connectivity index (χ0n) is 18.8. The van der Waals surface area contributed by atoms with E-state index in [0.717, 1.165) is 5.56 Å². The SMILES string of the molecule is COc1ccc(S(=O)(=O)c2c(Cl)c(NCC(=O)N(C)C)cc(OCc3ccccc3)c2Cl)cc1.